The van der Waals surface area contributed by atoms with Crippen molar-refractivity contribution in [2.24, 2.45) is 0 Å². The first kappa shape index (κ1) is 30.4. The summed E-state index contributed by atoms with van der Waals surface area (Å²) in [5.41, 5.74) is 1.85. The van der Waals surface area contributed by atoms with E-state index in [1.54, 1.807) is 22.8 Å². The second-order valence-electron chi connectivity index (χ2n) is 11.3. The van der Waals surface area contributed by atoms with Gasteiger partial charge in [0.15, 0.2) is 0 Å². The van der Waals surface area contributed by atoms with Crippen molar-refractivity contribution in [1.82, 2.24) is 30.2 Å². The fourth-order valence-corrected chi connectivity index (χ4v) is 5.00. The van der Waals surface area contributed by atoms with E-state index in [0.717, 1.165) is 31.7 Å². The zero-order valence-corrected chi connectivity index (χ0v) is 24.7. The van der Waals surface area contributed by atoms with Gasteiger partial charge in [-0.1, -0.05) is 0 Å². The molecular formula is C31H34FN9O3. The highest BCUT2D eigenvalue weighted by atomic mass is 19.1. The Morgan fingerprint density at radius 2 is 1.91 bits per heavy atom. The van der Waals surface area contributed by atoms with E-state index in [2.05, 4.69) is 42.0 Å². The van der Waals surface area contributed by atoms with Crippen molar-refractivity contribution < 1.29 is 19.1 Å². The quantitative estimate of drug-likeness (QED) is 0.226. The van der Waals surface area contributed by atoms with Crippen LogP contribution in [0.5, 0.6) is 0 Å². The minimum Gasteiger partial charge on any atom is -0.387 e. The summed E-state index contributed by atoms with van der Waals surface area (Å²) in [6, 6.07) is 13.0. The van der Waals surface area contributed by atoms with Crippen LogP contribution in [0, 0.1) is 11.3 Å². The first-order chi connectivity index (χ1) is 21.0. The SMILES string of the molecule is CC(=O)NC1CCN(c2ccc(Nc3cc(-c4ccc5cc(C#N)cnn45)ncc3C(=O)NCC(F)C(C)(C)O)cn2)CC1. The third kappa shape index (κ3) is 6.92. The molecule has 13 heteroatoms. The number of alkyl halides is 1. The van der Waals surface area contributed by atoms with Gasteiger partial charge in [-0.15, -0.1) is 0 Å². The highest BCUT2D eigenvalue weighted by molar-refractivity contribution is 6.00. The van der Waals surface area contributed by atoms with Crippen LogP contribution in [-0.2, 0) is 4.79 Å². The molecule has 0 saturated carbocycles. The number of aliphatic hydroxyl groups is 1. The lowest BCUT2D eigenvalue weighted by Gasteiger charge is -2.33. The van der Waals surface area contributed by atoms with E-state index >= 15 is 0 Å². The lowest BCUT2D eigenvalue weighted by Crippen LogP contribution is -2.44. The van der Waals surface area contributed by atoms with Crippen LogP contribution in [0.2, 0.25) is 0 Å². The first-order valence-electron chi connectivity index (χ1n) is 14.3. The van der Waals surface area contributed by atoms with Gasteiger partial charge in [0.1, 0.15) is 18.1 Å². The minimum absolute atomic E-state index is 0.0272. The van der Waals surface area contributed by atoms with Crippen LogP contribution in [-0.4, -0.2) is 74.0 Å². The van der Waals surface area contributed by atoms with Gasteiger partial charge in [-0.3, -0.25) is 14.6 Å². The maximum atomic E-state index is 14.4. The molecule has 1 aliphatic rings. The average Bonchev–Trinajstić information content (AvgIpc) is 3.43. The summed E-state index contributed by atoms with van der Waals surface area (Å²) in [5, 5.41) is 32.3. The molecule has 4 aromatic rings. The van der Waals surface area contributed by atoms with Crippen LogP contribution in [0.3, 0.4) is 0 Å². The van der Waals surface area contributed by atoms with Crippen molar-refractivity contribution in [2.45, 2.75) is 51.4 Å². The predicted octanol–water partition coefficient (Wildman–Crippen LogP) is 3.35. The largest absolute Gasteiger partial charge is 0.387 e. The molecule has 4 N–H and O–H groups in total. The van der Waals surface area contributed by atoms with E-state index in [4.69, 9.17) is 0 Å². The number of pyridine rings is 2. The number of hydrogen-bond acceptors (Lipinski definition) is 9. The van der Waals surface area contributed by atoms with Gasteiger partial charge in [0, 0.05) is 32.3 Å². The number of nitrogens with one attached hydrogen (secondary N) is 3. The van der Waals surface area contributed by atoms with Crippen molar-refractivity contribution in [3.8, 4) is 17.5 Å². The zero-order chi connectivity index (χ0) is 31.4. The van der Waals surface area contributed by atoms with E-state index < -0.39 is 17.7 Å². The molecule has 5 rings (SSSR count). The average molecular weight is 600 g/mol. The van der Waals surface area contributed by atoms with Gasteiger partial charge < -0.3 is 26.0 Å². The number of piperidine rings is 1. The molecule has 12 nitrogen and oxygen atoms in total. The van der Waals surface area contributed by atoms with E-state index in [0.29, 0.717) is 33.8 Å². The highest BCUT2D eigenvalue weighted by Crippen LogP contribution is 2.28. The number of carbonyl (C=O) groups excluding carboxylic acids is 2. The third-order valence-electron chi connectivity index (χ3n) is 7.50. The number of hydrogen-bond donors (Lipinski definition) is 4. The Morgan fingerprint density at radius 3 is 2.57 bits per heavy atom. The number of halogens is 1. The highest BCUT2D eigenvalue weighted by Gasteiger charge is 2.27. The Labute approximate surface area is 253 Å². The Kier molecular flexibility index (Phi) is 8.73. The standard InChI is InChI=1S/C31H34FN9O3/c1-19(42)38-21-8-10-40(11-9-21)29-7-4-22(16-35-29)39-25-13-26(27-6-5-23-12-20(14-33)15-37-41(23)27)34-17-24(25)30(43)36-18-28(32)31(2,3)44/h4-7,12-13,15-17,21,28,44H,8-11,18H2,1-3H3,(H,34,39)(H,36,43)(H,38,42). The molecule has 0 radical (unpaired) electrons. The van der Waals surface area contributed by atoms with Gasteiger partial charge in [-0.25, -0.2) is 13.9 Å². The molecule has 1 atom stereocenters. The molecular weight excluding hydrogens is 565 g/mol. The van der Waals surface area contributed by atoms with Gasteiger partial charge in [-0.2, -0.15) is 10.4 Å². The van der Waals surface area contributed by atoms with Crippen LogP contribution in [0.25, 0.3) is 16.9 Å². The van der Waals surface area contributed by atoms with E-state index in [-0.39, 0.29) is 24.1 Å². The predicted molar refractivity (Wildman–Crippen MR) is 163 cm³/mol. The van der Waals surface area contributed by atoms with E-state index in [1.165, 1.54) is 33.2 Å². The number of fused-ring (bicyclic) bond motifs is 1. The lowest BCUT2D eigenvalue weighted by molar-refractivity contribution is -0.119. The molecule has 1 fully saturated rings. The van der Waals surface area contributed by atoms with Crippen LogP contribution in [0.1, 0.15) is 49.5 Å². The summed E-state index contributed by atoms with van der Waals surface area (Å²) in [4.78, 5) is 35.8. The number of amides is 2. The number of anilines is 3. The normalized spacial score (nSPS) is 14.6. The van der Waals surface area contributed by atoms with Crippen molar-refractivity contribution >= 4 is 34.5 Å². The fraction of sp³-hybridized carbons (Fsp3) is 0.355. The van der Waals surface area contributed by atoms with Gasteiger partial charge >= 0.3 is 0 Å². The molecule has 228 valence electrons. The Bertz CT molecular complexity index is 1700. The summed E-state index contributed by atoms with van der Waals surface area (Å²) in [6.07, 6.45) is 4.51. The molecule has 0 spiro atoms. The summed E-state index contributed by atoms with van der Waals surface area (Å²) < 4.78 is 16.0. The van der Waals surface area contributed by atoms with Crippen molar-refractivity contribution in [1.29, 1.82) is 5.26 Å². The topological polar surface area (TPSA) is 161 Å². The lowest BCUT2D eigenvalue weighted by atomic mass is 10.0. The Morgan fingerprint density at radius 1 is 1.14 bits per heavy atom. The van der Waals surface area contributed by atoms with Crippen LogP contribution in [0.4, 0.5) is 21.6 Å². The molecule has 4 aromatic heterocycles. The molecule has 44 heavy (non-hydrogen) atoms. The molecule has 0 bridgehead atoms. The molecule has 5 heterocycles. The van der Waals surface area contributed by atoms with Crippen LogP contribution in [0.15, 0.2) is 55.0 Å². The summed E-state index contributed by atoms with van der Waals surface area (Å²) in [6.45, 7) is 5.34. The number of rotatable bonds is 9. The molecule has 1 unspecified atom stereocenters. The first-order valence-corrected chi connectivity index (χ1v) is 14.3. The van der Waals surface area contributed by atoms with Crippen LogP contribution >= 0.6 is 0 Å². The second-order valence-corrected chi connectivity index (χ2v) is 11.3. The molecule has 0 aliphatic carbocycles. The van der Waals surface area contributed by atoms with Crippen molar-refractivity contribution in [2.75, 3.05) is 29.9 Å². The third-order valence-corrected chi connectivity index (χ3v) is 7.50. The van der Waals surface area contributed by atoms with Crippen molar-refractivity contribution in [3.05, 3.63) is 66.1 Å². The van der Waals surface area contributed by atoms with E-state index in [1.807, 2.05) is 24.3 Å². The molecule has 2 amide bonds. The summed E-state index contributed by atoms with van der Waals surface area (Å²) in [7, 11) is 0. The minimum atomic E-state index is -1.67. The smallest absolute Gasteiger partial charge is 0.255 e. The second kappa shape index (κ2) is 12.6. The molecule has 0 aromatic carbocycles. The molecule has 1 saturated heterocycles. The number of nitriles is 1. The van der Waals surface area contributed by atoms with Crippen molar-refractivity contribution in [3.63, 3.8) is 0 Å². The summed E-state index contributed by atoms with van der Waals surface area (Å²) >= 11 is 0. The number of nitrogens with zero attached hydrogens (tertiary/aromatic N) is 6. The Balaban J connectivity index is 1.40. The maximum absolute atomic E-state index is 14.4. The van der Waals surface area contributed by atoms with Gasteiger partial charge in [0.25, 0.3) is 5.91 Å². The monoisotopic (exact) mass is 599 g/mol. The van der Waals surface area contributed by atoms with Gasteiger partial charge in [-0.05, 0) is 63.1 Å². The summed E-state index contributed by atoms with van der Waals surface area (Å²) in [5.74, 6) is 0.204. The number of carbonyl (C=O) groups is 2. The fourth-order valence-electron chi connectivity index (χ4n) is 5.00. The van der Waals surface area contributed by atoms with E-state index in [9.17, 15) is 24.3 Å². The maximum Gasteiger partial charge on any atom is 0.255 e. The van der Waals surface area contributed by atoms with Gasteiger partial charge in [0.05, 0.1) is 63.9 Å². The Hall–Kier alpha value is -5.09. The van der Waals surface area contributed by atoms with Gasteiger partial charge in [0.2, 0.25) is 5.91 Å². The number of aromatic nitrogens is 4. The zero-order valence-electron chi connectivity index (χ0n) is 24.7. The molecule has 1 aliphatic heterocycles. The van der Waals surface area contributed by atoms with Crippen LogP contribution < -0.4 is 20.9 Å².